The summed E-state index contributed by atoms with van der Waals surface area (Å²) in [5, 5.41) is 4.25. The Hall–Kier alpha value is -2.37. The number of hydrogen-bond donors (Lipinski definition) is 0. The number of carbonyl (C=O) groups is 1. The average molecular weight is 326 g/mol. The topological polar surface area (TPSA) is 60.2 Å². The van der Waals surface area contributed by atoms with E-state index in [0.29, 0.717) is 24.1 Å². The molecule has 6 nitrogen and oxygen atoms in total. The van der Waals surface area contributed by atoms with E-state index in [1.54, 1.807) is 16.9 Å². The van der Waals surface area contributed by atoms with Crippen molar-refractivity contribution in [3.63, 3.8) is 0 Å². The summed E-state index contributed by atoms with van der Waals surface area (Å²) in [6, 6.07) is 7.48. The minimum absolute atomic E-state index is 0.0298. The van der Waals surface area contributed by atoms with Crippen LogP contribution in [0.1, 0.15) is 29.8 Å². The van der Waals surface area contributed by atoms with Gasteiger partial charge in [-0.2, -0.15) is 5.10 Å². The van der Waals surface area contributed by atoms with Crippen LogP contribution < -0.4 is 4.74 Å². The minimum atomic E-state index is 0.0298. The van der Waals surface area contributed by atoms with Crippen molar-refractivity contribution in [3.8, 4) is 5.88 Å². The Morgan fingerprint density at radius 1 is 1.42 bits per heavy atom. The zero-order chi connectivity index (χ0) is 16.6. The van der Waals surface area contributed by atoms with E-state index in [0.717, 1.165) is 25.9 Å². The third-order valence-corrected chi connectivity index (χ3v) is 5.41. The first-order valence-corrected chi connectivity index (χ1v) is 8.49. The lowest BCUT2D eigenvalue weighted by Crippen LogP contribution is -2.36. The molecule has 2 aliphatic rings. The Kier molecular flexibility index (Phi) is 3.75. The summed E-state index contributed by atoms with van der Waals surface area (Å²) in [5.41, 5.74) is 0.584. The summed E-state index contributed by atoms with van der Waals surface area (Å²) in [6.45, 7) is 2.18. The van der Waals surface area contributed by atoms with Gasteiger partial charge in [0.05, 0.1) is 6.61 Å². The van der Waals surface area contributed by atoms with Crippen LogP contribution in [0.15, 0.2) is 36.7 Å². The van der Waals surface area contributed by atoms with Crippen LogP contribution in [-0.4, -0.2) is 45.3 Å². The summed E-state index contributed by atoms with van der Waals surface area (Å²) in [4.78, 5) is 18.9. The van der Waals surface area contributed by atoms with Crippen LogP contribution in [0.3, 0.4) is 0 Å². The van der Waals surface area contributed by atoms with E-state index in [4.69, 9.17) is 4.74 Å². The van der Waals surface area contributed by atoms with Gasteiger partial charge in [-0.05, 0) is 30.9 Å². The monoisotopic (exact) mass is 326 g/mol. The smallest absolute Gasteiger partial charge is 0.274 e. The highest BCUT2D eigenvalue weighted by molar-refractivity contribution is 5.92. The van der Waals surface area contributed by atoms with Crippen molar-refractivity contribution in [1.29, 1.82) is 0 Å². The SMILES string of the molecule is Cn1ccc(C(=O)N2C[C@H]3CCC[C@@]3(COc3ccccn3)C2)n1. The molecule has 2 atom stereocenters. The van der Waals surface area contributed by atoms with Crippen LogP contribution in [0.2, 0.25) is 0 Å². The molecule has 3 heterocycles. The van der Waals surface area contributed by atoms with E-state index in [2.05, 4.69) is 10.1 Å². The van der Waals surface area contributed by atoms with E-state index >= 15 is 0 Å². The number of ether oxygens (including phenoxy) is 1. The molecule has 1 aliphatic carbocycles. The second kappa shape index (κ2) is 5.92. The van der Waals surface area contributed by atoms with Gasteiger partial charge in [0.2, 0.25) is 5.88 Å². The predicted octanol–water partition coefficient (Wildman–Crippen LogP) is 2.14. The van der Waals surface area contributed by atoms with Crippen molar-refractivity contribution in [2.24, 2.45) is 18.4 Å². The second-order valence-corrected chi connectivity index (χ2v) is 6.97. The van der Waals surface area contributed by atoms with Crippen molar-refractivity contribution in [2.75, 3.05) is 19.7 Å². The molecule has 2 aromatic heterocycles. The molecule has 1 saturated carbocycles. The number of carbonyl (C=O) groups excluding carboxylic acids is 1. The molecular weight excluding hydrogens is 304 g/mol. The van der Waals surface area contributed by atoms with Gasteiger partial charge < -0.3 is 9.64 Å². The van der Waals surface area contributed by atoms with Gasteiger partial charge in [-0.3, -0.25) is 9.48 Å². The summed E-state index contributed by atoms with van der Waals surface area (Å²) < 4.78 is 7.63. The predicted molar refractivity (Wildman–Crippen MR) is 88.6 cm³/mol. The second-order valence-electron chi connectivity index (χ2n) is 6.97. The molecule has 126 valence electrons. The number of aryl methyl sites for hydroxylation is 1. The Balaban J connectivity index is 1.47. The summed E-state index contributed by atoms with van der Waals surface area (Å²) in [5.74, 6) is 1.20. The number of pyridine rings is 1. The third-order valence-electron chi connectivity index (χ3n) is 5.41. The van der Waals surface area contributed by atoms with E-state index in [-0.39, 0.29) is 11.3 Å². The largest absolute Gasteiger partial charge is 0.477 e. The van der Waals surface area contributed by atoms with Crippen LogP contribution in [-0.2, 0) is 7.05 Å². The maximum Gasteiger partial charge on any atom is 0.274 e. The Morgan fingerprint density at radius 2 is 2.33 bits per heavy atom. The van der Waals surface area contributed by atoms with Gasteiger partial charge in [0, 0.05) is 44.0 Å². The van der Waals surface area contributed by atoms with Crippen molar-refractivity contribution in [2.45, 2.75) is 19.3 Å². The molecular formula is C18H22N4O2. The van der Waals surface area contributed by atoms with Crippen LogP contribution >= 0.6 is 0 Å². The molecule has 0 aromatic carbocycles. The number of hydrogen-bond acceptors (Lipinski definition) is 4. The summed E-state index contributed by atoms with van der Waals surface area (Å²) >= 11 is 0. The van der Waals surface area contributed by atoms with Gasteiger partial charge in [0.1, 0.15) is 5.69 Å². The quantitative estimate of drug-likeness (QED) is 0.864. The molecule has 0 spiro atoms. The fraction of sp³-hybridized carbons (Fsp3) is 0.500. The summed E-state index contributed by atoms with van der Waals surface area (Å²) in [7, 11) is 1.83. The van der Waals surface area contributed by atoms with Crippen LogP contribution in [0.4, 0.5) is 0 Å². The first-order valence-electron chi connectivity index (χ1n) is 8.49. The molecule has 6 heteroatoms. The molecule has 1 amide bonds. The van der Waals surface area contributed by atoms with Crippen LogP contribution in [0.25, 0.3) is 0 Å². The highest BCUT2D eigenvalue weighted by Crippen LogP contribution is 2.49. The van der Waals surface area contributed by atoms with Crippen LogP contribution in [0.5, 0.6) is 5.88 Å². The molecule has 0 bridgehead atoms. The fourth-order valence-electron chi connectivity index (χ4n) is 4.15. The standard InChI is InChI=1S/C18H22N4O2/c1-21-10-7-15(20-21)17(23)22-11-14-5-4-8-18(14,12-22)13-24-16-6-2-3-9-19-16/h2-3,6-7,9-10,14H,4-5,8,11-13H2,1H3/t14-,18+/m1/s1. The number of aromatic nitrogens is 3. The molecule has 2 fully saturated rings. The molecule has 1 aliphatic heterocycles. The first kappa shape index (κ1) is 15.2. The van der Waals surface area contributed by atoms with Crippen LogP contribution in [0, 0.1) is 11.3 Å². The lowest BCUT2D eigenvalue weighted by atomic mass is 9.81. The van der Waals surface area contributed by atoms with E-state index in [9.17, 15) is 4.79 Å². The first-order chi connectivity index (χ1) is 11.7. The van der Waals surface area contributed by atoms with E-state index < -0.39 is 0 Å². The van der Waals surface area contributed by atoms with Gasteiger partial charge in [-0.15, -0.1) is 0 Å². The van der Waals surface area contributed by atoms with Gasteiger partial charge in [-0.25, -0.2) is 4.98 Å². The van der Waals surface area contributed by atoms with E-state index in [1.165, 1.54) is 6.42 Å². The Labute approximate surface area is 141 Å². The molecule has 2 aromatic rings. The summed E-state index contributed by atoms with van der Waals surface area (Å²) in [6.07, 6.45) is 7.03. The molecule has 24 heavy (non-hydrogen) atoms. The maximum atomic E-state index is 12.7. The van der Waals surface area contributed by atoms with Gasteiger partial charge in [0.15, 0.2) is 0 Å². The zero-order valence-electron chi connectivity index (χ0n) is 13.9. The van der Waals surface area contributed by atoms with Gasteiger partial charge in [-0.1, -0.05) is 12.5 Å². The van der Waals surface area contributed by atoms with Crippen molar-refractivity contribution in [3.05, 3.63) is 42.4 Å². The van der Waals surface area contributed by atoms with Crippen molar-refractivity contribution >= 4 is 5.91 Å². The highest BCUT2D eigenvalue weighted by atomic mass is 16.5. The number of fused-ring (bicyclic) bond motifs is 1. The average Bonchev–Trinajstić information content (AvgIpc) is 3.27. The Bertz CT molecular complexity index is 730. The number of amides is 1. The fourth-order valence-corrected chi connectivity index (χ4v) is 4.15. The van der Waals surface area contributed by atoms with Gasteiger partial charge in [0.25, 0.3) is 5.91 Å². The normalized spacial score (nSPS) is 25.7. The minimum Gasteiger partial charge on any atom is -0.477 e. The lowest BCUT2D eigenvalue weighted by Gasteiger charge is -2.28. The molecule has 0 radical (unpaired) electrons. The Morgan fingerprint density at radius 3 is 3.08 bits per heavy atom. The molecule has 4 rings (SSSR count). The van der Waals surface area contributed by atoms with Gasteiger partial charge >= 0.3 is 0 Å². The highest BCUT2D eigenvalue weighted by Gasteiger charge is 2.51. The zero-order valence-corrected chi connectivity index (χ0v) is 13.9. The molecule has 1 saturated heterocycles. The van der Waals surface area contributed by atoms with Crippen molar-refractivity contribution < 1.29 is 9.53 Å². The number of nitrogens with zero attached hydrogens (tertiary/aromatic N) is 4. The molecule has 0 unspecified atom stereocenters. The van der Waals surface area contributed by atoms with Crippen molar-refractivity contribution in [1.82, 2.24) is 19.7 Å². The number of rotatable bonds is 4. The lowest BCUT2D eigenvalue weighted by molar-refractivity contribution is 0.0738. The number of likely N-dealkylation sites (tertiary alicyclic amines) is 1. The third kappa shape index (κ3) is 2.66. The molecule has 0 N–H and O–H groups in total. The van der Waals surface area contributed by atoms with E-state index in [1.807, 2.05) is 36.3 Å². The maximum absolute atomic E-state index is 12.7.